The Morgan fingerprint density at radius 2 is 1.91 bits per heavy atom. The van der Waals surface area contributed by atoms with E-state index in [9.17, 15) is 0 Å². The summed E-state index contributed by atoms with van der Waals surface area (Å²) >= 11 is 5.39. The zero-order valence-electron chi connectivity index (χ0n) is 12.7. The second-order valence-electron chi connectivity index (χ2n) is 5.01. The average molecular weight is 323 g/mol. The lowest BCUT2D eigenvalue weighted by Crippen LogP contribution is -2.27. The third kappa shape index (κ3) is 3.57. The van der Waals surface area contributed by atoms with Crippen LogP contribution in [0.15, 0.2) is 60.8 Å². The number of hydrogen-bond acceptors (Lipinski definition) is 3. The lowest BCUT2D eigenvalue weighted by molar-refractivity contribution is 0.419. The van der Waals surface area contributed by atoms with Gasteiger partial charge in [-0.2, -0.15) is 0 Å². The molecule has 0 unspecified atom stereocenters. The number of benzene rings is 2. The standard InChI is InChI=1S/C18H17N3OS/c1-22-16-10-9-15(14-8-5-11-19-17(14)16)21-18(23)20-12-13-6-3-2-4-7-13/h2-11H,12H2,1H3,(H2,20,21,23). The van der Waals surface area contributed by atoms with Crippen LogP contribution in [-0.4, -0.2) is 17.2 Å². The van der Waals surface area contributed by atoms with Crippen LogP contribution in [0.3, 0.4) is 0 Å². The molecule has 0 bridgehead atoms. The molecular weight excluding hydrogens is 306 g/mol. The Morgan fingerprint density at radius 1 is 1.09 bits per heavy atom. The normalized spacial score (nSPS) is 10.3. The van der Waals surface area contributed by atoms with Gasteiger partial charge >= 0.3 is 0 Å². The first-order valence-electron chi connectivity index (χ1n) is 7.28. The maximum atomic E-state index is 5.39. The van der Waals surface area contributed by atoms with E-state index in [0.717, 1.165) is 22.3 Å². The molecule has 116 valence electrons. The summed E-state index contributed by atoms with van der Waals surface area (Å²) in [6.07, 6.45) is 1.75. The van der Waals surface area contributed by atoms with Crippen molar-refractivity contribution in [3.8, 4) is 5.75 Å². The zero-order chi connectivity index (χ0) is 16.1. The summed E-state index contributed by atoms with van der Waals surface area (Å²) in [5, 5.41) is 7.98. The van der Waals surface area contributed by atoms with Gasteiger partial charge in [0.05, 0.1) is 7.11 Å². The molecule has 0 spiro atoms. The monoisotopic (exact) mass is 323 g/mol. The number of aromatic nitrogens is 1. The van der Waals surface area contributed by atoms with E-state index in [1.165, 1.54) is 5.56 Å². The maximum Gasteiger partial charge on any atom is 0.171 e. The molecule has 0 saturated carbocycles. The van der Waals surface area contributed by atoms with E-state index < -0.39 is 0 Å². The number of hydrogen-bond donors (Lipinski definition) is 2. The molecular formula is C18H17N3OS. The van der Waals surface area contributed by atoms with Gasteiger partial charge in [0.1, 0.15) is 11.3 Å². The smallest absolute Gasteiger partial charge is 0.171 e. The lowest BCUT2D eigenvalue weighted by Gasteiger charge is -2.13. The van der Waals surface area contributed by atoms with E-state index in [-0.39, 0.29) is 0 Å². The van der Waals surface area contributed by atoms with Gasteiger partial charge < -0.3 is 15.4 Å². The van der Waals surface area contributed by atoms with Gasteiger partial charge in [-0.3, -0.25) is 4.98 Å². The van der Waals surface area contributed by atoms with Crippen LogP contribution in [-0.2, 0) is 6.54 Å². The molecule has 0 aliphatic carbocycles. The summed E-state index contributed by atoms with van der Waals surface area (Å²) < 4.78 is 5.35. The summed E-state index contributed by atoms with van der Waals surface area (Å²) in [6, 6.07) is 17.9. The fourth-order valence-corrected chi connectivity index (χ4v) is 2.55. The first-order chi connectivity index (χ1) is 11.3. The van der Waals surface area contributed by atoms with Crippen molar-refractivity contribution < 1.29 is 4.74 Å². The van der Waals surface area contributed by atoms with Crippen LogP contribution in [0.25, 0.3) is 10.9 Å². The fourth-order valence-electron chi connectivity index (χ4n) is 2.37. The van der Waals surface area contributed by atoms with E-state index in [4.69, 9.17) is 17.0 Å². The average Bonchev–Trinajstić information content (AvgIpc) is 2.61. The largest absolute Gasteiger partial charge is 0.494 e. The third-order valence-corrected chi connectivity index (χ3v) is 3.74. The van der Waals surface area contributed by atoms with Crippen molar-refractivity contribution in [2.75, 3.05) is 12.4 Å². The lowest BCUT2D eigenvalue weighted by atomic mass is 10.1. The summed E-state index contributed by atoms with van der Waals surface area (Å²) in [5.74, 6) is 0.745. The first-order valence-corrected chi connectivity index (χ1v) is 7.69. The highest BCUT2D eigenvalue weighted by Crippen LogP contribution is 2.29. The van der Waals surface area contributed by atoms with Gasteiger partial charge in [-0.15, -0.1) is 0 Å². The molecule has 0 saturated heterocycles. The number of methoxy groups -OCH3 is 1. The van der Waals surface area contributed by atoms with Crippen molar-refractivity contribution in [1.82, 2.24) is 10.3 Å². The molecule has 2 N–H and O–H groups in total. The van der Waals surface area contributed by atoms with Gasteiger partial charge in [-0.05, 0) is 42.0 Å². The molecule has 0 radical (unpaired) electrons. The molecule has 0 aliphatic rings. The minimum Gasteiger partial charge on any atom is -0.494 e. The van der Waals surface area contributed by atoms with Crippen molar-refractivity contribution in [2.45, 2.75) is 6.54 Å². The summed E-state index contributed by atoms with van der Waals surface area (Å²) in [6.45, 7) is 0.680. The van der Waals surface area contributed by atoms with Crippen LogP contribution in [0.5, 0.6) is 5.75 Å². The number of fused-ring (bicyclic) bond motifs is 1. The zero-order valence-corrected chi connectivity index (χ0v) is 13.6. The van der Waals surface area contributed by atoms with Crippen molar-refractivity contribution in [2.24, 2.45) is 0 Å². The van der Waals surface area contributed by atoms with Gasteiger partial charge in [0.15, 0.2) is 5.11 Å². The number of thiocarbonyl (C=S) groups is 1. The topological polar surface area (TPSA) is 46.2 Å². The Labute approximate surface area is 140 Å². The van der Waals surface area contributed by atoms with E-state index in [1.54, 1.807) is 13.3 Å². The van der Waals surface area contributed by atoms with Gasteiger partial charge in [-0.1, -0.05) is 30.3 Å². The quantitative estimate of drug-likeness (QED) is 0.716. The third-order valence-electron chi connectivity index (χ3n) is 3.50. The Hall–Kier alpha value is -2.66. The molecule has 4 nitrogen and oxygen atoms in total. The number of ether oxygens (including phenoxy) is 1. The molecule has 0 fully saturated rings. The van der Waals surface area contributed by atoms with Crippen LogP contribution in [0.2, 0.25) is 0 Å². The molecule has 1 heterocycles. The molecule has 23 heavy (non-hydrogen) atoms. The molecule has 3 aromatic rings. The molecule has 0 atom stereocenters. The van der Waals surface area contributed by atoms with Gasteiger partial charge in [-0.25, -0.2) is 0 Å². The summed E-state index contributed by atoms with van der Waals surface area (Å²) in [5.41, 5.74) is 2.89. The minimum atomic E-state index is 0.573. The minimum absolute atomic E-state index is 0.573. The molecule has 0 aliphatic heterocycles. The number of anilines is 1. The van der Waals surface area contributed by atoms with E-state index >= 15 is 0 Å². The van der Waals surface area contributed by atoms with E-state index in [0.29, 0.717) is 11.7 Å². The Kier molecular flexibility index (Phi) is 4.68. The van der Waals surface area contributed by atoms with Crippen molar-refractivity contribution in [3.63, 3.8) is 0 Å². The first kappa shape index (κ1) is 15.2. The summed E-state index contributed by atoms with van der Waals surface area (Å²) in [7, 11) is 1.64. The van der Waals surface area contributed by atoms with Crippen LogP contribution in [0.1, 0.15) is 5.56 Å². The van der Waals surface area contributed by atoms with Crippen molar-refractivity contribution in [1.29, 1.82) is 0 Å². The fraction of sp³-hybridized carbons (Fsp3) is 0.111. The van der Waals surface area contributed by atoms with Crippen molar-refractivity contribution in [3.05, 3.63) is 66.4 Å². The van der Waals surface area contributed by atoms with E-state index in [1.807, 2.05) is 42.5 Å². The molecule has 2 aromatic carbocycles. The van der Waals surface area contributed by atoms with Gasteiger partial charge in [0.25, 0.3) is 0 Å². The van der Waals surface area contributed by atoms with Crippen LogP contribution in [0, 0.1) is 0 Å². The van der Waals surface area contributed by atoms with Crippen LogP contribution >= 0.6 is 12.2 Å². The number of nitrogens with one attached hydrogen (secondary N) is 2. The summed E-state index contributed by atoms with van der Waals surface area (Å²) in [4.78, 5) is 4.38. The second-order valence-corrected chi connectivity index (χ2v) is 5.42. The Morgan fingerprint density at radius 3 is 2.70 bits per heavy atom. The van der Waals surface area contributed by atoms with Crippen LogP contribution in [0.4, 0.5) is 5.69 Å². The highest BCUT2D eigenvalue weighted by atomic mass is 32.1. The molecule has 5 heteroatoms. The SMILES string of the molecule is COc1ccc(NC(=S)NCc2ccccc2)c2cccnc12. The van der Waals surface area contributed by atoms with Crippen molar-refractivity contribution >= 4 is 33.9 Å². The van der Waals surface area contributed by atoms with Gasteiger partial charge in [0, 0.05) is 23.8 Å². The second kappa shape index (κ2) is 7.07. The molecule has 1 aromatic heterocycles. The maximum absolute atomic E-state index is 5.39. The predicted molar refractivity (Wildman–Crippen MR) is 97.8 cm³/mol. The Balaban J connectivity index is 1.75. The number of rotatable bonds is 4. The molecule has 3 rings (SSSR count). The highest BCUT2D eigenvalue weighted by molar-refractivity contribution is 7.80. The van der Waals surface area contributed by atoms with Gasteiger partial charge in [0.2, 0.25) is 0 Å². The number of pyridine rings is 1. The number of nitrogens with zero attached hydrogens (tertiary/aromatic N) is 1. The highest BCUT2D eigenvalue weighted by Gasteiger charge is 2.08. The molecule has 0 amide bonds. The Bertz CT molecular complexity index is 821. The van der Waals surface area contributed by atoms with Crippen LogP contribution < -0.4 is 15.4 Å². The predicted octanol–water partition coefficient (Wildman–Crippen LogP) is 3.73. The van der Waals surface area contributed by atoms with E-state index in [2.05, 4.69) is 27.8 Å².